The summed E-state index contributed by atoms with van der Waals surface area (Å²) in [6.45, 7) is 3.95. The Labute approximate surface area is 77.7 Å². The van der Waals surface area contributed by atoms with E-state index in [-0.39, 0.29) is 19.2 Å². The lowest BCUT2D eigenvalue weighted by atomic mass is 10.3. The van der Waals surface area contributed by atoms with Crippen LogP contribution >= 0.6 is 0 Å². The summed E-state index contributed by atoms with van der Waals surface area (Å²) in [4.78, 5) is 13.1. The molecule has 0 spiro atoms. The first kappa shape index (κ1) is 10.4. The largest absolute Gasteiger partial charge is 0.462 e. The van der Waals surface area contributed by atoms with E-state index < -0.39 is 0 Å². The third-order valence-electron chi connectivity index (χ3n) is 1.92. The van der Waals surface area contributed by atoms with Crippen LogP contribution in [0.3, 0.4) is 0 Å². The zero-order valence-electron chi connectivity index (χ0n) is 7.66. The van der Waals surface area contributed by atoms with Crippen LogP contribution in [0.25, 0.3) is 0 Å². The molecule has 0 aromatic rings. The Morgan fingerprint density at radius 1 is 1.46 bits per heavy atom. The monoisotopic (exact) mass is 188 g/mol. The highest BCUT2D eigenvalue weighted by molar-refractivity contribution is 5.71. The van der Waals surface area contributed by atoms with Crippen LogP contribution < -0.4 is 5.32 Å². The van der Waals surface area contributed by atoms with Crippen molar-refractivity contribution in [1.82, 2.24) is 10.2 Å². The molecule has 0 amide bonds. The fraction of sp³-hybridized carbons (Fsp3) is 0.875. The molecular formula is C8H16N2O3. The molecule has 13 heavy (non-hydrogen) atoms. The molecule has 1 aliphatic rings. The van der Waals surface area contributed by atoms with Gasteiger partial charge < -0.3 is 15.2 Å². The molecule has 0 radical (unpaired) electrons. The Hall–Kier alpha value is -0.650. The summed E-state index contributed by atoms with van der Waals surface area (Å²) in [6, 6.07) is 0. The maximum atomic E-state index is 11.1. The van der Waals surface area contributed by atoms with Crippen LogP contribution in [0.15, 0.2) is 0 Å². The minimum atomic E-state index is -0.254. The number of aliphatic hydroxyl groups is 1. The molecule has 2 N–H and O–H groups in total. The lowest BCUT2D eigenvalue weighted by Crippen LogP contribution is -2.45. The molecule has 0 aromatic carbocycles. The first-order valence-corrected chi connectivity index (χ1v) is 4.52. The maximum absolute atomic E-state index is 11.1. The standard InChI is InChI=1S/C8H16N2O3/c11-5-6-13-8(12)7-10-3-1-9-2-4-10/h9,11H,1-7H2. The highest BCUT2D eigenvalue weighted by Crippen LogP contribution is 1.92. The number of hydrogen-bond acceptors (Lipinski definition) is 5. The van der Waals surface area contributed by atoms with E-state index in [1.807, 2.05) is 4.90 Å². The van der Waals surface area contributed by atoms with E-state index in [9.17, 15) is 4.79 Å². The third-order valence-corrected chi connectivity index (χ3v) is 1.92. The van der Waals surface area contributed by atoms with Gasteiger partial charge in [-0.3, -0.25) is 9.69 Å². The van der Waals surface area contributed by atoms with Gasteiger partial charge in [0, 0.05) is 26.2 Å². The second kappa shape index (κ2) is 5.90. The van der Waals surface area contributed by atoms with Crippen molar-refractivity contribution >= 4 is 5.97 Å². The van der Waals surface area contributed by atoms with Crippen LogP contribution in [0, 0.1) is 0 Å². The maximum Gasteiger partial charge on any atom is 0.320 e. The van der Waals surface area contributed by atoms with Gasteiger partial charge >= 0.3 is 5.97 Å². The quantitative estimate of drug-likeness (QED) is 0.522. The molecule has 1 fully saturated rings. The van der Waals surface area contributed by atoms with E-state index >= 15 is 0 Å². The number of hydrogen-bond donors (Lipinski definition) is 2. The van der Waals surface area contributed by atoms with Crippen LogP contribution in [0.5, 0.6) is 0 Å². The van der Waals surface area contributed by atoms with E-state index in [0.29, 0.717) is 6.54 Å². The minimum Gasteiger partial charge on any atom is -0.462 e. The summed E-state index contributed by atoms with van der Waals surface area (Å²) in [5.74, 6) is -0.254. The molecule has 1 rings (SSSR count). The molecule has 0 unspecified atom stereocenters. The lowest BCUT2D eigenvalue weighted by Gasteiger charge is -2.25. The van der Waals surface area contributed by atoms with Gasteiger partial charge in [0.15, 0.2) is 0 Å². The van der Waals surface area contributed by atoms with E-state index in [0.717, 1.165) is 26.2 Å². The molecule has 0 bridgehead atoms. The Kier molecular flexibility index (Phi) is 4.74. The van der Waals surface area contributed by atoms with Crippen LogP contribution in [-0.2, 0) is 9.53 Å². The van der Waals surface area contributed by atoms with E-state index in [1.54, 1.807) is 0 Å². The van der Waals surface area contributed by atoms with E-state index in [2.05, 4.69) is 5.32 Å². The Morgan fingerprint density at radius 3 is 2.77 bits per heavy atom. The normalized spacial score (nSPS) is 18.5. The average Bonchev–Trinajstić information content (AvgIpc) is 2.16. The number of rotatable bonds is 4. The first-order valence-electron chi connectivity index (χ1n) is 4.52. The fourth-order valence-corrected chi connectivity index (χ4v) is 1.26. The fourth-order valence-electron chi connectivity index (χ4n) is 1.26. The Balaban J connectivity index is 2.11. The van der Waals surface area contributed by atoms with Gasteiger partial charge in [0.25, 0.3) is 0 Å². The van der Waals surface area contributed by atoms with Crippen LogP contribution in [0.1, 0.15) is 0 Å². The topological polar surface area (TPSA) is 61.8 Å². The van der Waals surface area contributed by atoms with Gasteiger partial charge in [0.2, 0.25) is 0 Å². The van der Waals surface area contributed by atoms with Gasteiger partial charge in [-0.1, -0.05) is 0 Å². The molecule has 0 atom stereocenters. The average molecular weight is 188 g/mol. The number of piperazine rings is 1. The van der Waals surface area contributed by atoms with Crippen molar-refractivity contribution in [3.63, 3.8) is 0 Å². The summed E-state index contributed by atoms with van der Waals surface area (Å²) in [6.07, 6.45) is 0. The number of carbonyl (C=O) groups excluding carboxylic acids is 1. The predicted octanol–water partition coefficient (Wildman–Crippen LogP) is -1.57. The Morgan fingerprint density at radius 2 is 2.15 bits per heavy atom. The second-order valence-electron chi connectivity index (χ2n) is 2.97. The highest BCUT2D eigenvalue weighted by Gasteiger charge is 2.13. The van der Waals surface area contributed by atoms with Crippen molar-refractivity contribution in [3.8, 4) is 0 Å². The zero-order chi connectivity index (χ0) is 9.52. The van der Waals surface area contributed by atoms with Gasteiger partial charge in [-0.2, -0.15) is 0 Å². The van der Waals surface area contributed by atoms with Crippen LogP contribution in [-0.4, -0.2) is 61.9 Å². The molecule has 0 aromatic heterocycles. The summed E-state index contributed by atoms with van der Waals surface area (Å²) in [5.41, 5.74) is 0. The number of aliphatic hydroxyl groups excluding tert-OH is 1. The molecule has 5 heteroatoms. The SMILES string of the molecule is O=C(CN1CCNCC1)OCCO. The number of nitrogens with zero attached hydrogens (tertiary/aromatic N) is 1. The van der Waals surface area contributed by atoms with Crippen molar-refractivity contribution in [3.05, 3.63) is 0 Å². The van der Waals surface area contributed by atoms with Crippen molar-refractivity contribution in [2.24, 2.45) is 0 Å². The van der Waals surface area contributed by atoms with Crippen LogP contribution in [0.2, 0.25) is 0 Å². The summed E-state index contributed by atoms with van der Waals surface area (Å²) in [7, 11) is 0. The molecular weight excluding hydrogens is 172 g/mol. The van der Waals surface area contributed by atoms with Crippen molar-refractivity contribution in [1.29, 1.82) is 0 Å². The predicted molar refractivity (Wildman–Crippen MR) is 47.4 cm³/mol. The molecule has 0 saturated carbocycles. The lowest BCUT2D eigenvalue weighted by molar-refractivity contribution is -0.146. The molecule has 1 aliphatic heterocycles. The van der Waals surface area contributed by atoms with Crippen molar-refractivity contribution in [2.75, 3.05) is 45.9 Å². The summed E-state index contributed by atoms with van der Waals surface area (Å²) < 4.78 is 4.74. The smallest absolute Gasteiger partial charge is 0.320 e. The molecule has 0 aliphatic carbocycles. The van der Waals surface area contributed by atoms with E-state index in [1.165, 1.54) is 0 Å². The van der Waals surface area contributed by atoms with Crippen LogP contribution in [0.4, 0.5) is 0 Å². The minimum absolute atomic E-state index is 0.102. The first-order chi connectivity index (χ1) is 6.33. The van der Waals surface area contributed by atoms with Crippen molar-refractivity contribution in [2.45, 2.75) is 0 Å². The molecule has 76 valence electrons. The zero-order valence-corrected chi connectivity index (χ0v) is 7.66. The van der Waals surface area contributed by atoms with Gasteiger partial charge in [-0.15, -0.1) is 0 Å². The highest BCUT2D eigenvalue weighted by atomic mass is 16.5. The van der Waals surface area contributed by atoms with Gasteiger partial charge in [-0.05, 0) is 0 Å². The Bertz CT molecular complexity index is 157. The molecule has 5 nitrogen and oxygen atoms in total. The third kappa shape index (κ3) is 4.21. The van der Waals surface area contributed by atoms with Gasteiger partial charge in [0.1, 0.15) is 6.61 Å². The van der Waals surface area contributed by atoms with Gasteiger partial charge in [0.05, 0.1) is 13.2 Å². The number of nitrogens with one attached hydrogen (secondary N) is 1. The summed E-state index contributed by atoms with van der Waals surface area (Å²) >= 11 is 0. The van der Waals surface area contributed by atoms with Gasteiger partial charge in [-0.25, -0.2) is 0 Å². The summed E-state index contributed by atoms with van der Waals surface area (Å²) in [5, 5.41) is 11.6. The number of esters is 1. The second-order valence-corrected chi connectivity index (χ2v) is 2.97. The molecule has 1 saturated heterocycles. The molecule has 1 heterocycles. The van der Waals surface area contributed by atoms with E-state index in [4.69, 9.17) is 9.84 Å². The van der Waals surface area contributed by atoms with Crippen molar-refractivity contribution < 1.29 is 14.6 Å². The number of ether oxygens (including phenoxy) is 1. The number of carbonyl (C=O) groups is 1.